The standard InChI is InChI=1S/C11H9ClO2S/c12-11(15(13)14)10-7-3-5-8-4-1-2-6-9(8)10/h1-7,11H,(H,13,14)/p-1. The van der Waals surface area contributed by atoms with Crippen LogP contribution < -0.4 is 0 Å². The second-order valence-electron chi connectivity index (χ2n) is 3.14. The lowest BCUT2D eigenvalue weighted by atomic mass is 10.1. The number of alkyl halides is 1. The predicted octanol–water partition coefficient (Wildman–Crippen LogP) is 2.96. The molecule has 0 bridgehead atoms. The summed E-state index contributed by atoms with van der Waals surface area (Å²) >= 11 is 3.51. The lowest BCUT2D eigenvalue weighted by Gasteiger charge is -2.15. The van der Waals surface area contributed by atoms with Crippen molar-refractivity contribution >= 4 is 33.5 Å². The Hall–Kier alpha value is -0.900. The molecule has 2 unspecified atom stereocenters. The maximum absolute atomic E-state index is 10.8. The third kappa shape index (κ3) is 2.04. The third-order valence-electron chi connectivity index (χ3n) is 2.24. The van der Waals surface area contributed by atoms with E-state index in [-0.39, 0.29) is 0 Å². The van der Waals surface area contributed by atoms with E-state index in [1.165, 1.54) is 0 Å². The molecule has 0 saturated carbocycles. The van der Waals surface area contributed by atoms with Crippen LogP contribution in [0, 0.1) is 0 Å². The second kappa shape index (κ2) is 4.31. The zero-order chi connectivity index (χ0) is 10.8. The van der Waals surface area contributed by atoms with Crippen molar-refractivity contribution in [2.24, 2.45) is 0 Å². The van der Waals surface area contributed by atoms with Crippen molar-refractivity contribution in [2.45, 2.75) is 4.71 Å². The average molecular weight is 240 g/mol. The Labute approximate surface area is 95.2 Å². The summed E-state index contributed by atoms with van der Waals surface area (Å²) in [4.78, 5) is 0. The fourth-order valence-electron chi connectivity index (χ4n) is 1.55. The minimum absolute atomic E-state index is 0.628. The Bertz CT molecular complexity index is 507. The average Bonchev–Trinajstić information content (AvgIpc) is 2.27. The molecule has 0 spiro atoms. The smallest absolute Gasteiger partial charge is 0.121 e. The molecule has 78 valence electrons. The highest BCUT2D eigenvalue weighted by atomic mass is 35.5. The van der Waals surface area contributed by atoms with Gasteiger partial charge < -0.3 is 4.55 Å². The van der Waals surface area contributed by atoms with E-state index in [4.69, 9.17) is 11.6 Å². The molecule has 0 saturated heterocycles. The van der Waals surface area contributed by atoms with E-state index in [1.54, 1.807) is 12.1 Å². The van der Waals surface area contributed by atoms with E-state index in [9.17, 15) is 8.76 Å². The van der Waals surface area contributed by atoms with Gasteiger partial charge in [-0.05, 0) is 27.4 Å². The van der Waals surface area contributed by atoms with E-state index in [0.717, 1.165) is 10.8 Å². The van der Waals surface area contributed by atoms with Crippen molar-refractivity contribution in [3.63, 3.8) is 0 Å². The molecule has 15 heavy (non-hydrogen) atoms. The van der Waals surface area contributed by atoms with Gasteiger partial charge in [0, 0.05) is 0 Å². The van der Waals surface area contributed by atoms with Gasteiger partial charge in [-0.15, -0.1) is 11.6 Å². The fourth-order valence-corrected chi connectivity index (χ4v) is 2.16. The van der Waals surface area contributed by atoms with Crippen LogP contribution in [-0.2, 0) is 11.1 Å². The maximum Gasteiger partial charge on any atom is 0.121 e. The minimum atomic E-state index is -2.30. The molecular formula is C11H8ClO2S-. The van der Waals surface area contributed by atoms with Gasteiger partial charge in [0.05, 0.1) is 0 Å². The molecular weight excluding hydrogens is 232 g/mol. The number of fused-ring (bicyclic) bond motifs is 1. The van der Waals surface area contributed by atoms with E-state index in [0.29, 0.717) is 5.56 Å². The van der Waals surface area contributed by atoms with Gasteiger partial charge in [0.25, 0.3) is 0 Å². The van der Waals surface area contributed by atoms with Gasteiger partial charge >= 0.3 is 0 Å². The summed E-state index contributed by atoms with van der Waals surface area (Å²) in [5.41, 5.74) is 0.628. The molecule has 2 rings (SSSR count). The Morgan fingerprint density at radius 1 is 1.13 bits per heavy atom. The first-order valence-electron chi connectivity index (χ1n) is 4.40. The van der Waals surface area contributed by atoms with Crippen molar-refractivity contribution in [2.75, 3.05) is 0 Å². The van der Waals surface area contributed by atoms with Crippen LogP contribution in [0.3, 0.4) is 0 Å². The normalized spacial score (nSPS) is 15.1. The number of halogens is 1. The molecule has 4 heteroatoms. The van der Waals surface area contributed by atoms with Crippen LogP contribution in [0.5, 0.6) is 0 Å². The number of benzene rings is 2. The molecule has 2 aromatic rings. The number of hydrogen-bond acceptors (Lipinski definition) is 2. The highest BCUT2D eigenvalue weighted by Crippen LogP contribution is 2.29. The Morgan fingerprint density at radius 3 is 2.53 bits per heavy atom. The summed E-state index contributed by atoms with van der Waals surface area (Å²) in [5.74, 6) is 0. The van der Waals surface area contributed by atoms with Gasteiger partial charge in [-0.3, -0.25) is 4.21 Å². The van der Waals surface area contributed by atoms with Crippen molar-refractivity contribution in [1.29, 1.82) is 0 Å². The molecule has 0 aliphatic rings. The topological polar surface area (TPSA) is 40.1 Å². The Kier molecular flexibility index (Phi) is 3.05. The Morgan fingerprint density at radius 2 is 1.80 bits per heavy atom. The molecule has 0 aromatic heterocycles. The molecule has 0 fully saturated rings. The van der Waals surface area contributed by atoms with E-state index >= 15 is 0 Å². The van der Waals surface area contributed by atoms with Gasteiger partial charge in [-0.2, -0.15) is 0 Å². The summed E-state index contributed by atoms with van der Waals surface area (Å²) in [6.45, 7) is 0. The summed E-state index contributed by atoms with van der Waals surface area (Å²) < 4.78 is 20.6. The van der Waals surface area contributed by atoms with Crippen molar-refractivity contribution in [3.8, 4) is 0 Å². The van der Waals surface area contributed by atoms with Gasteiger partial charge in [0.15, 0.2) is 0 Å². The monoisotopic (exact) mass is 239 g/mol. The van der Waals surface area contributed by atoms with Gasteiger partial charge in [-0.1, -0.05) is 42.5 Å². The molecule has 2 nitrogen and oxygen atoms in total. The molecule has 0 heterocycles. The van der Waals surface area contributed by atoms with Crippen LogP contribution in [0.15, 0.2) is 42.5 Å². The summed E-state index contributed by atoms with van der Waals surface area (Å²) in [7, 11) is 0. The van der Waals surface area contributed by atoms with Crippen molar-refractivity contribution in [1.82, 2.24) is 0 Å². The first kappa shape index (κ1) is 10.6. The van der Waals surface area contributed by atoms with E-state index in [2.05, 4.69) is 0 Å². The van der Waals surface area contributed by atoms with Crippen LogP contribution in [0.4, 0.5) is 0 Å². The summed E-state index contributed by atoms with van der Waals surface area (Å²) in [6.07, 6.45) is 0. The zero-order valence-corrected chi connectivity index (χ0v) is 9.29. The van der Waals surface area contributed by atoms with Crippen LogP contribution in [0.1, 0.15) is 10.3 Å². The van der Waals surface area contributed by atoms with E-state index < -0.39 is 15.8 Å². The fraction of sp³-hybridized carbons (Fsp3) is 0.0909. The highest BCUT2D eigenvalue weighted by molar-refractivity contribution is 7.80. The lowest BCUT2D eigenvalue weighted by Crippen LogP contribution is -1.99. The Balaban J connectivity index is 2.65. The highest BCUT2D eigenvalue weighted by Gasteiger charge is 2.10. The van der Waals surface area contributed by atoms with Crippen molar-refractivity contribution in [3.05, 3.63) is 48.0 Å². The summed E-state index contributed by atoms with van der Waals surface area (Å²) in [6, 6.07) is 13.0. The van der Waals surface area contributed by atoms with Gasteiger partial charge in [0.1, 0.15) is 4.71 Å². The van der Waals surface area contributed by atoms with Gasteiger partial charge in [0.2, 0.25) is 0 Å². The minimum Gasteiger partial charge on any atom is -0.771 e. The van der Waals surface area contributed by atoms with Crippen LogP contribution in [0.25, 0.3) is 10.8 Å². The lowest BCUT2D eigenvalue weighted by molar-refractivity contribution is 0.535. The largest absolute Gasteiger partial charge is 0.771 e. The third-order valence-corrected chi connectivity index (χ3v) is 3.50. The predicted molar refractivity (Wildman–Crippen MR) is 61.5 cm³/mol. The quantitative estimate of drug-likeness (QED) is 0.597. The second-order valence-corrected chi connectivity index (χ2v) is 4.83. The summed E-state index contributed by atoms with van der Waals surface area (Å²) in [5, 5.41) is 1.87. The first-order chi connectivity index (χ1) is 7.20. The molecule has 0 aliphatic heterocycles. The molecule has 2 atom stereocenters. The molecule has 0 radical (unpaired) electrons. The SMILES string of the molecule is O=S([O-])C(Cl)c1cccc2ccccc12. The van der Waals surface area contributed by atoms with E-state index in [1.807, 2.05) is 30.3 Å². The van der Waals surface area contributed by atoms with Crippen LogP contribution in [-0.4, -0.2) is 8.76 Å². The van der Waals surface area contributed by atoms with Crippen molar-refractivity contribution < 1.29 is 8.76 Å². The zero-order valence-electron chi connectivity index (χ0n) is 7.72. The number of rotatable bonds is 2. The molecule has 0 amide bonds. The van der Waals surface area contributed by atoms with Crippen LogP contribution >= 0.6 is 11.6 Å². The number of hydrogen-bond donors (Lipinski definition) is 0. The molecule has 2 aromatic carbocycles. The molecule has 0 N–H and O–H groups in total. The maximum atomic E-state index is 10.8. The van der Waals surface area contributed by atoms with Crippen LogP contribution in [0.2, 0.25) is 0 Å². The first-order valence-corrected chi connectivity index (χ1v) is 5.97. The van der Waals surface area contributed by atoms with Gasteiger partial charge in [-0.25, -0.2) is 0 Å². The molecule has 0 aliphatic carbocycles.